The van der Waals surface area contributed by atoms with Crippen molar-refractivity contribution in [2.75, 3.05) is 26.4 Å². The monoisotopic (exact) mass is 248 g/mol. The van der Waals surface area contributed by atoms with Gasteiger partial charge in [0.05, 0.1) is 7.11 Å². The molecule has 2 N–H and O–H groups in total. The van der Waals surface area contributed by atoms with Gasteiger partial charge in [0.2, 0.25) is 0 Å². The Kier molecular flexibility index (Phi) is 3.75. The Hall–Kier alpha value is -1.71. The summed E-state index contributed by atoms with van der Waals surface area (Å²) in [5, 5.41) is 0. The molecule has 1 aliphatic carbocycles. The highest BCUT2D eigenvalue weighted by molar-refractivity contribution is 5.95. The Morgan fingerprint density at radius 1 is 1.44 bits per heavy atom. The first kappa shape index (κ1) is 12.7. The summed E-state index contributed by atoms with van der Waals surface area (Å²) in [4.78, 5) is 14.0. The van der Waals surface area contributed by atoms with Gasteiger partial charge in [-0.2, -0.15) is 0 Å². The van der Waals surface area contributed by atoms with Crippen LogP contribution in [0.3, 0.4) is 0 Å². The molecule has 1 aromatic rings. The van der Waals surface area contributed by atoms with Gasteiger partial charge in [-0.25, -0.2) is 0 Å². The predicted molar refractivity (Wildman–Crippen MR) is 71.7 cm³/mol. The summed E-state index contributed by atoms with van der Waals surface area (Å²) in [6.07, 6.45) is 3.76. The Morgan fingerprint density at radius 3 is 2.72 bits per heavy atom. The topological polar surface area (TPSA) is 55.6 Å². The molecule has 0 bridgehead atoms. The fourth-order valence-electron chi connectivity index (χ4n) is 2.23. The van der Waals surface area contributed by atoms with Gasteiger partial charge in [-0.3, -0.25) is 4.79 Å². The molecule has 4 nitrogen and oxygen atoms in total. The Balaban J connectivity index is 2.08. The van der Waals surface area contributed by atoms with E-state index in [0.717, 1.165) is 6.54 Å². The van der Waals surface area contributed by atoms with Crippen LogP contribution in [0.2, 0.25) is 0 Å². The zero-order valence-corrected chi connectivity index (χ0v) is 11.0. The van der Waals surface area contributed by atoms with E-state index in [1.54, 1.807) is 30.2 Å². The van der Waals surface area contributed by atoms with Crippen LogP contribution in [0.5, 0.6) is 5.75 Å². The van der Waals surface area contributed by atoms with Crippen LogP contribution < -0.4 is 10.5 Å². The van der Waals surface area contributed by atoms with E-state index < -0.39 is 0 Å². The van der Waals surface area contributed by atoms with Crippen molar-refractivity contribution in [1.29, 1.82) is 0 Å². The highest BCUT2D eigenvalue weighted by Crippen LogP contribution is 2.27. The molecule has 0 aromatic heterocycles. The van der Waals surface area contributed by atoms with E-state index in [2.05, 4.69) is 0 Å². The number of nitrogen functional groups attached to an aromatic ring is 1. The second-order valence-corrected chi connectivity index (χ2v) is 4.98. The van der Waals surface area contributed by atoms with Gasteiger partial charge >= 0.3 is 0 Å². The summed E-state index contributed by atoms with van der Waals surface area (Å²) in [5.41, 5.74) is 6.90. The van der Waals surface area contributed by atoms with Crippen LogP contribution in [0.25, 0.3) is 0 Å². The summed E-state index contributed by atoms with van der Waals surface area (Å²) in [6, 6.07) is 5.14. The molecule has 1 fully saturated rings. The molecule has 1 amide bonds. The van der Waals surface area contributed by atoms with Crippen LogP contribution in [-0.4, -0.2) is 31.5 Å². The minimum absolute atomic E-state index is 0.00694. The average Bonchev–Trinajstić information content (AvgIpc) is 2.31. The number of hydrogen-bond acceptors (Lipinski definition) is 3. The second-order valence-electron chi connectivity index (χ2n) is 4.98. The molecule has 0 atom stereocenters. The molecule has 2 rings (SSSR count). The molecule has 0 spiro atoms. The van der Waals surface area contributed by atoms with Crippen LogP contribution in [0.4, 0.5) is 5.69 Å². The van der Waals surface area contributed by atoms with E-state index >= 15 is 0 Å². The molecule has 4 heteroatoms. The van der Waals surface area contributed by atoms with Crippen LogP contribution >= 0.6 is 0 Å². The molecule has 1 aliphatic rings. The SMILES string of the molecule is COc1cc(N)cc(C(=O)N(C)CC2CCC2)c1. The minimum atomic E-state index is 0.00694. The van der Waals surface area contributed by atoms with E-state index in [0.29, 0.717) is 22.9 Å². The van der Waals surface area contributed by atoms with Crippen LogP contribution in [-0.2, 0) is 0 Å². The first-order chi connectivity index (χ1) is 8.60. The highest BCUT2D eigenvalue weighted by Gasteiger charge is 2.22. The van der Waals surface area contributed by atoms with Crippen molar-refractivity contribution in [3.8, 4) is 5.75 Å². The molecule has 0 unspecified atom stereocenters. The Bertz CT molecular complexity index is 441. The van der Waals surface area contributed by atoms with E-state index in [4.69, 9.17) is 10.5 Å². The van der Waals surface area contributed by atoms with Crippen molar-refractivity contribution in [3.63, 3.8) is 0 Å². The molecule has 1 aromatic carbocycles. The van der Waals surface area contributed by atoms with Gasteiger partial charge < -0.3 is 15.4 Å². The summed E-state index contributed by atoms with van der Waals surface area (Å²) in [5.74, 6) is 1.30. The first-order valence-corrected chi connectivity index (χ1v) is 6.30. The number of benzene rings is 1. The normalized spacial score (nSPS) is 15.0. The molecule has 1 saturated carbocycles. The third-order valence-corrected chi connectivity index (χ3v) is 3.52. The van der Waals surface area contributed by atoms with Gasteiger partial charge in [-0.1, -0.05) is 6.42 Å². The second kappa shape index (κ2) is 5.29. The largest absolute Gasteiger partial charge is 0.497 e. The number of amides is 1. The van der Waals surface area contributed by atoms with Crippen molar-refractivity contribution >= 4 is 11.6 Å². The van der Waals surface area contributed by atoms with E-state index in [-0.39, 0.29) is 5.91 Å². The fourth-order valence-corrected chi connectivity index (χ4v) is 2.23. The summed E-state index contributed by atoms with van der Waals surface area (Å²) < 4.78 is 5.13. The zero-order valence-electron chi connectivity index (χ0n) is 11.0. The lowest BCUT2D eigenvalue weighted by Crippen LogP contribution is -2.34. The number of rotatable bonds is 4. The number of methoxy groups -OCH3 is 1. The number of ether oxygens (including phenoxy) is 1. The zero-order chi connectivity index (χ0) is 13.1. The Labute approximate surface area is 108 Å². The lowest BCUT2D eigenvalue weighted by Gasteiger charge is -2.30. The number of nitrogens with zero attached hydrogens (tertiary/aromatic N) is 1. The standard InChI is InChI=1S/C14H20N2O2/c1-16(9-10-4-3-5-10)14(17)11-6-12(15)8-13(7-11)18-2/h6-8,10H,3-5,9,15H2,1-2H3. The molecule has 18 heavy (non-hydrogen) atoms. The number of hydrogen-bond donors (Lipinski definition) is 1. The maximum Gasteiger partial charge on any atom is 0.253 e. The van der Waals surface area contributed by atoms with E-state index in [1.807, 2.05) is 7.05 Å². The maximum atomic E-state index is 12.3. The molecular formula is C14H20N2O2. The van der Waals surface area contributed by atoms with Gasteiger partial charge in [0, 0.05) is 30.9 Å². The third kappa shape index (κ3) is 2.75. The molecule has 98 valence electrons. The van der Waals surface area contributed by atoms with Crippen LogP contribution in [0.15, 0.2) is 18.2 Å². The van der Waals surface area contributed by atoms with Crippen LogP contribution in [0, 0.1) is 5.92 Å². The summed E-state index contributed by atoms with van der Waals surface area (Å²) in [6.45, 7) is 0.829. The highest BCUT2D eigenvalue weighted by atomic mass is 16.5. The quantitative estimate of drug-likeness (QED) is 0.831. The lowest BCUT2D eigenvalue weighted by atomic mass is 9.85. The smallest absolute Gasteiger partial charge is 0.253 e. The van der Waals surface area contributed by atoms with Crippen molar-refractivity contribution in [2.24, 2.45) is 5.92 Å². The van der Waals surface area contributed by atoms with Crippen molar-refractivity contribution in [2.45, 2.75) is 19.3 Å². The average molecular weight is 248 g/mol. The molecule has 0 saturated heterocycles. The predicted octanol–water partition coefficient (Wildman–Crippen LogP) is 2.15. The number of nitrogens with two attached hydrogens (primary N) is 1. The van der Waals surface area contributed by atoms with E-state index in [9.17, 15) is 4.79 Å². The minimum Gasteiger partial charge on any atom is -0.497 e. The van der Waals surface area contributed by atoms with Crippen molar-refractivity contribution in [1.82, 2.24) is 4.90 Å². The molecule has 0 heterocycles. The Morgan fingerprint density at radius 2 is 2.17 bits per heavy atom. The molecular weight excluding hydrogens is 228 g/mol. The number of carbonyl (C=O) groups is 1. The first-order valence-electron chi connectivity index (χ1n) is 6.30. The fraction of sp³-hybridized carbons (Fsp3) is 0.500. The van der Waals surface area contributed by atoms with E-state index in [1.165, 1.54) is 19.3 Å². The van der Waals surface area contributed by atoms with Crippen molar-refractivity contribution in [3.05, 3.63) is 23.8 Å². The lowest BCUT2D eigenvalue weighted by molar-refractivity contribution is 0.0745. The van der Waals surface area contributed by atoms with Gasteiger partial charge in [0.25, 0.3) is 5.91 Å². The number of carbonyl (C=O) groups excluding carboxylic acids is 1. The van der Waals surface area contributed by atoms with Gasteiger partial charge in [0.1, 0.15) is 5.75 Å². The third-order valence-electron chi connectivity index (χ3n) is 3.52. The van der Waals surface area contributed by atoms with Crippen LogP contribution in [0.1, 0.15) is 29.6 Å². The molecule has 0 aliphatic heterocycles. The van der Waals surface area contributed by atoms with Gasteiger partial charge in [-0.15, -0.1) is 0 Å². The molecule has 0 radical (unpaired) electrons. The van der Waals surface area contributed by atoms with Gasteiger partial charge in [-0.05, 0) is 30.9 Å². The number of anilines is 1. The summed E-state index contributed by atoms with van der Waals surface area (Å²) in [7, 11) is 3.41. The van der Waals surface area contributed by atoms with Crippen molar-refractivity contribution < 1.29 is 9.53 Å². The summed E-state index contributed by atoms with van der Waals surface area (Å²) >= 11 is 0. The maximum absolute atomic E-state index is 12.3. The van der Waals surface area contributed by atoms with Gasteiger partial charge in [0.15, 0.2) is 0 Å².